The Bertz CT molecular complexity index is 474. The minimum Gasteiger partial charge on any atom is -0.337 e. The number of carbonyl (C=O) groups excluding carboxylic acids is 1. The van der Waals surface area contributed by atoms with Crippen LogP contribution in [-0.2, 0) is 6.54 Å². The molecular weight excluding hydrogens is 294 g/mol. The van der Waals surface area contributed by atoms with Crippen LogP contribution in [-0.4, -0.2) is 46.9 Å². The summed E-state index contributed by atoms with van der Waals surface area (Å²) in [6, 6.07) is 0. The number of hydrogen-bond acceptors (Lipinski definition) is 4. The summed E-state index contributed by atoms with van der Waals surface area (Å²) in [4.78, 5) is 21.1. The van der Waals surface area contributed by atoms with Gasteiger partial charge in [0.2, 0.25) is 0 Å². The number of amides is 1. The topological polar surface area (TPSA) is 36.4 Å². The smallest absolute Gasteiger partial charge is 0.273 e. The zero-order valence-corrected chi connectivity index (χ0v) is 15.2. The summed E-state index contributed by atoms with van der Waals surface area (Å²) in [5, 5.41) is 3.00. The van der Waals surface area contributed by atoms with Crippen LogP contribution < -0.4 is 0 Å². The molecule has 4 nitrogen and oxygen atoms in total. The van der Waals surface area contributed by atoms with Gasteiger partial charge < -0.3 is 4.90 Å². The van der Waals surface area contributed by atoms with E-state index in [1.54, 1.807) is 11.3 Å². The van der Waals surface area contributed by atoms with Gasteiger partial charge >= 0.3 is 0 Å². The Morgan fingerprint density at radius 3 is 2.55 bits per heavy atom. The quantitative estimate of drug-likeness (QED) is 0.851. The molecule has 2 fully saturated rings. The van der Waals surface area contributed by atoms with Crippen LogP contribution in [0.25, 0.3) is 0 Å². The van der Waals surface area contributed by atoms with Crippen molar-refractivity contribution in [3.8, 4) is 0 Å². The van der Waals surface area contributed by atoms with E-state index < -0.39 is 0 Å². The third-order valence-electron chi connectivity index (χ3n) is 4.45. The van der Waals surface area contributed by atoms with E-state index in [9.17, 15) is 4.79 Å². The van der Waals surface area contributed by atoms with Gasteiger partial charge in [0.25, 0.3) is 5.91 Å². The minimum atomic E-state index is 0.119. The van der Waals surface area contributed by atoms with E-state index in [-0.39, 0.29) is 5.91 Å². The second kappa shape index (κ2) is 8.06. The lowest BCUT2D eigenvalue weighted by atomic mass is 9.88. The minimum absolute atomic E-state index is 0.119. The molecule has 5 heteroatoms. The molecule has 2 aliphatic rings. The lowest BCUT2D eigenvalue weighted by Gasteiger charge is -2.41. The standard InChI is InChI=1S/C15H23N3OS.C2H6/c1-11(2)12-7-17(8-12)9-14-16-13(10-20-14)15(19)18-5-3-4-6-18;1-2/h10-12H,3-9H2,1-2H3;1-2H3. The van der Waals surface area contributed by atoms with Crippen molar-refractivity contribution in [2.24, 2.45) is 11.8 Å². The monoisotopic (exact) mass is 323 g/mol. The second-order valence-electron chi connectivity index (χ2n) is 6.32. The van der Waals surface area contributed by atoms with Gasteiger partial charge in [-0.1, -0.05) is 27.7 Å². The van der Waals surface area contributed by atoms with Crippen LogP contribution in [0.5, 0.6) is 0 Å². The van der Waals surface area contributed by atoms with Gasteiger partial charge in [-0.05, 0) is 24.7 Å². The number of carbonyl (C=O) groups is 1. The first kappa shape index (κ1) is 17.4. The molecule has 3 rings (SSSR count). The van der Waals surface area contributed by atoms with Crippen LogP contribution in [0.2, 0.25) is 0 Å². The zero-order chi connectivity index (χ0) is 16.1. The summed E-state index contributed by atoms with van der Waals surface area (Å²) in [7, 11) is 0. The largest absolute Gasteiger partial charge is 0.337 e. The fourth-order valence-corrected chi connectivity index (χ4v) is 3.73. The Morgan fingerprint density at radius 2 is 1.95 bits per heavy atom. The zero-order valence-electron chi connectivity index (χ0n) is 14.3. The Hall–Kier alpha value is -0.940. The highest BCUT2D eigenvalue weighted by atomic mass is 32.1. The Balaban J connectivity index is 0.000000847. The average molecular weight is 324 g/mol. The normalized spacial score (nSPS) is 19.0. The SMILES string of the molecule is CC.CC(C)C1CN(Cc2nc(C(=O)N3CCCC3)cs2)C1. The van der Waals surface area contributed by atoms with E-state index in [4.69, 9.17) is 0 Å². The average Bonchev–Trinajstić information content (AvgIpc) is 3.15. The van der Waals surface area contributed by atoms with Crippen molar-refractivity contribution >= 4 is 17.2 Å². The van der Waals surface area contributed by atoms with Crippen molar-refractivity contribution in [3.63, 3.8) is 0 Å². The molecule has 22 heavy (non-hydrogen) atoms. The van der Waals surface area contributed by atoms with Crippen LogP contribution in [0, 0.1) is 11.8 Å². The number of hydrogen-bond donors (Lipinski definition) is 0. The van der Waals surface area contributed by atoms with Gasteiger partial charge in [-0.3, -0.25) is 9.69 Å². The van der Waals surface area contributed by atoms with Crippen molar-refractivity contribution in [3.05, 3.63) is 16.1 Å². The van der Waals surface area contributed by atoms with Crippen molar-refractivity contribution in [1.82, 2.24) is 14.8 Å². The molecule has 1 aromatic heterocycles. The van der Waals surface area contributed by atoms with Gasteiger partial charge in [0.05, 0.1) is 6.54 Å². The molecule has 0 aromatic carbocycles. The first-order valence-electron chi connectivity index (χ1n) is 8.59. The van der Waals surface area contributed by atoms with E-state index >= 15 is 0 Å². The Morgan fingerprint density at radius 1 is 1.32 bits per heavy atom. The maximum Gasteiger partial charge on any atom is 0.273 e. The molecule has 0 bridgehead atoms. The summed E-state index contributed by atoms with van der Waals surface area (Å²) in [6.45, 7) is 13.6. The molecule has 0 N–H and O–H groups in total. The fraction of sp³-hybridized carbons (Fsp3) is 0.765. The van der Waals surface area contributed by atoms with E-state index in [0.717, 1.165) is 49.3 Å². The first-order chi connectivity index (χ1) is 10.6. The lowest BCUT2D eigenvalue weighted by Crippen LogP contribution is -2.48. The number of nitrogens with zero attached hydrogens (tertiary/aromatic N) is 3. The van der Waals surface area contributed by atoms with Crippen LogP contribution in [0.15, 0.2) is 5.38 Å². The highest BCUT2D eigenvalue weighted by molar-refractivity contribution is 7.09. The molecule has 2 saturated heterocycles. The Labute approximate surface area is 138 Å². The maximum atomic E-state index is 12.2. The van der Waals surface area contributed by atoms with Gasteiger partial charge in [0.15, 0.2) is 0 Å². The molecular formula is C17H29N3OS. The number of likely N-dealkylation sites (tertiary alicyclic amines) is 2. The van der Waals surface area contributed by atoms with Crippen molar-refractivity contribution < 1.29 is 4.79 Å². The lowest BCUT2D eigenvalue weighted by molar-refractivity contribution is 0.0612. The van der Waals surface area contributed by atoms with E-state index in [2.05, 4.69) is 23.7 Å². The first-order valence-corrected chi connectivity index (χ1v) is 9.47. The molecule has 1 amide bonds. The highest BCUT2D eigenvalue weighted by Gasteiger charge is 2.29. The maximum absolute atomic E-state index is 12.2. The van der Waals surface area contributed by atoms with Crippen LogP contribution in [0.1, 0.15) is 56.0 Å². The molecule has 0 atom stereocenters. The summed E-state index contributed by atoms with van der Waals surface area (Å²) < 4.78 is 0. The van der Waals surface area contributed by atoms with Gasteiger partial charge in [-0.25, -0.2) is 4.98 Å². The van der Waals surface area contributed by atoms with Crippen molar-refractivity contribution in [2.45, 2.75) is 47.1 Å². The molecule has 2 aliphatic heterocycles. The molecule has 0 unspecified atom stereocenters. The summed E-state index contributed by atoms with van der Waals surface area (Å²) >= 11 is 1.62. The van der Waals surface area contributed by atoms with Crippen molar-refractivity contribution in [1.29, 1.82) is 0 Å². The third-order valence-corrected chi connectivity index (χ3v) is 5.28. The summed E-state index contributed by atoms with van der Waals surface area (Å²) in [5.41, 5.74) is 0.646. The molecule has 0 spiro atoms. The molecule has 3 heterocycles. The third kappa shape index (κ3) is 4.07. The number of rotatable bonds is 4. The van der Waals surface area contributed by atoms with Gasteiger partial charge in [0.1, 0.15) is 10.7 Å². The predicted molar refractivity (Wildman–Crippen MR) is 92.2 cm³/mol. The molecule has 0 saturated carbocycles. The van der Waals surface area contributed by atoms with E-state index in [1.165, 1.54) is 13.1 Å². The van der Waals surface area contributed by atoms with E-state index in [1.807, 2.05) is 24.1 Å². The molecule has 0 aliphatic carbocycles. The molecule has 124 valence electrons. The fourth-order valence-electron chi connectivity index (χ4n) is 2.92. The second-order valence-corrected chi connectivity index (χ2v) is 7.27. The molecule has 1 aromatic rings. The molecule has 0 radical (unpaired) electrons. The van der Waals surface area contributed by atoms with Crippen LogP contribution in [0.3, 0.4) is 0 Å². The van der Waals surface area contributed by atoms with Gasteiger partial charge in [-0.2, -0.15) is 0 Å². The van der Waals surface area contributed by atoms with Gasteiger partial charge in [-0.15, -0.1) is 11.3 Å². The van der Waals surface area contributed by atoms with Crippen molar-refractivity contribution in [2.75, 3.05) is 26.2 Å². The number of aromatic nitrogens is 1. The van der Waals surface area contributed by atoms with Gasteiger partial charge in [0, 0.05) is 31.6 Å². The summed E-state index contributed by atoms with van der Waals surface area (Å²) in [6.07, 6.45) is 2.26. The van der Waals surface area contributed by atoms with Crippen LogP contribution in [0.4, 0.5) is 0 Å². The predicted octanol–water partition coefficient (Wildman–Crippen LogP) is 3.49. The van der Waals surface area contributed by atoms with Crippen LogP contribution >= 0.6 is 11.3 Å². The number of thiazole rings is 1. The van der Waals surface area contributed by atoms with E-state index in [0.29, 0.717) is 5.69 Å². The highest BCUT2D eigenvalue weighted by Crippen LogP contribution is 2.26. The Kier molecular flexibility index (Phi) is 6.38. The summed E-state index contributed by atoms with van der Waals surface area (Å²) in [5.74, 6) is 1.73.